The predicted octanol–water partition coefficient (Wildman–Crippen LogP) is 4.89. The van der Waals surface area contributed by atoms with Crippen molar-refractivity contribution in [3.05, 3.63) is 144 Å². The molecule has 3 aliphatic carbocycles. The van der Waals surface area contributed by atoms with Crippen LogP contribution in [-0.4, -0.2) is 171 Å². The van der Waals surface area contributed by atoms with Crippen LogP contribution in [0.3, 0.4) is 0 Å². The average Bonchev–Trinajstić information content (AvgIpc) is 0.853. The lowest BCUT2D eigenvalue weighted by atomic mass is 9.44. The minimum Gasteiger partial charge on any atom is -0.482 e. The fourth-order valence-electron chi connectivity index (χ4n) is 13.0. The molecular weight excluding hydrogens is 1250 g/mol. The Morgan fingerprint density at radius 2 is 1.35 bits per heavy atom. The van der Waals surface area contributed by atoms with Crippen molar-refractivity contribution in [3.8, 4) is 11.5 Å². The smallest absolute Gasteiger partial charge is 0.350 e. The molecule has 5 aliphatic rings. The SMILES string of the molecule is CC(=O)O[C@H]1C(=O)[C@]2(C)[C@@H](OC(=O)COc3ccccc3)C[C@H]3OC[C@@]3(OC(C)=O)[C@H]2[C@H](OC(=O)c2ccccc2)[C@]2(O)C[C@H](OC(=O)[C@H](OC(=O)COc3ccccc3)[C@@H](NC(=O)[C@@H](CCC(=O)O)NC(=O)CN3C(=O)CSC3=S)c3ccccc3)C(C)=C1C2(C)C. The number of thioether (sulfide) groups is 1. The van der Waals surface area contributed by atoms with Crippen LogP contribution < -0.4 is 20.1 Å². The number of amides is 3. The number of hydrogen-bond acceptors (Lipinski definition) is 23. The van der Waals surface area contributed by atoms with E-state index in [9.17, 15) is 53.4 Å². The van der Waals surface area contributed by atoms with E-state index in [4.69, 9.17) is 54.8 Å². The number of para-hydroxylation sites is 2. The summed E-state index contributed by atoms with van der Waals surface area (Å²) in [5.41, 5.74) is -9.11. The lowest BCUT2D eigenvalue weighted by Crippen LogP contribution is -2.82. The number of ether oxygens (including phenoxy) is 9. The minimum atomic E-state index is -2.68. The van der Waals surface area contributed by atoms with Crippen molar-refractivity contribution >= 4 is 93.6 Å². The molecule has 0 aromatic heterocycles. The number of carbonyl (C=O) groups excluding carboxylic acids is 10. The molecule has 0 unspecified atom stereocenters. The number of carboxylic acids is 1. The van der Waals surface area contributed by atoms with Crippen molar-refractivity contribution in [2.24, 2.45) is 16.7 Å². The van der Waals surface area contributed by atoms with Gasteiger partial charge in [0.05, 0.1) is 29.3 Å². The van der Waals surface area contributed by atoms with Gasteiger partial charge in [-0.3, -0.25) is 38.5 Å². The first-order chi connectivity index (χ1) is 44.2. The first-order valence-corrected chi connectivity index (χ1v) is 31.1. The first-order valence-electron chi connectivity index (χ1n) is 29.7. The predicted molar refractivity (Wildman–Crippen MR) is 329 cm³/mol. The molecule has 2 heterocycles. The van der Waals surface area contributed by atoms with Gasteiger partial charge in [0.15, 0.2) is 30.7 Å². The van der Waals surface area contributed by atoms with Gasteiger partial charge in [-0.2, -0.15) is 0 Å². The van der Waals surface area contributed by atoms with E-state index >= 15 is 9.59 Å². The van der Waals surface area contributed by atoms with Gasteiger partial charge in [0.2, 0.25) is 23.8 Å². The zero-order valence-electron chi connectivity index (χ0n) is 51.4. The van der Waals surface area contributed by atoms with Crippen molar-refractivity contribution in [2.75, 3.05) is 32.1 Å². The summed E-state index contributed by atoms with van der Waals surface area (Å²) in [6.45, 7) is 5.19. The van der Waals surface area contributed by atoms with Gasteiger partial charge in [-0.1, -0.05) is 123 Å². The van der Waals surface area contributed by atoms with Gasteiger partial charge in [0, 0.05) is 38.5 Å². The summed E-state index contributed by atoms with van der Waals surface area (Å²) in [5.74, 6) is -12.9. The molecule has 492 valence electrons. The third-order valence-electron chi connectivity index (χ3n) is 17.6. The van der Waals surface area contributed by atoms with Gasteiger partial charge >= 0.3 is 41.8 Å². The molecule has 12 atom stereocenters. The van der Waals surface area contributed by atoms with Gasteiger partial charge in [0.25, 0.3) is 0 Å². The second-order valence-corrected chi connectivity index (χ2v) is 25.4. The molecule has 0 radical (unpaired) electrons. The van der Waals surface area contributed by atoms with E-state index in [1.807, 2.05) is 0 Å². The Labute approximate surface area is 543 Å². The van der Waals surface area contributed by atoms with E-state index in [1.165, 1.54) is 88.4 Å². The summed E-state index contributed by atoms with van der Waals surface area (Å²) in [4.78, 5) is 157. The highest BCUT2D eigenvalue weighted by Gasteiger charge is 2.79. The van der Waals surface area contributed by atoms with Crippen LogP contribution in [0.2, 0.25) is 0 Å². The third-order valence-corrected chi connectivity index (χ3v) is 19.0. The number of rotatable bonds is 24. The summed E-state index contributed by atoms with van der Waals surface area (Å²) in [6, 6.07) is 27.8. The normalized spacial score (nSPS) is 26.1. The summed E-state index contributed by atoms with van der Waals surface area (Å²) in [6.07, 6.45) is -13.4. The average molecular weight is 1320 g/mol. The number of Topliss-reactive ketones (excluding diaryl/α,β-unsaturated/α-hetero) is 1. The molecule has 4 N–H and O–H groups in total. The molecule has 2 aliphatic heterocycles. The second-order valence-electron chi connectivity index (χ2n) is 23.7. The number of hydrogen-bond donors (Lipinski definition) is 4. The number of carboxylic acid groups (broad SMARTS) is 1. The number of aliphatic hydroxyl groups is 1. The Morgan fingerprint density at radius 1 is 0.763 bits per heavy atom. The lowest BCUT2D eigenvalue weighted by molar-refractivity contribution is -0.346. The Balaban J connectivity index is 1.18. The number of thiocarbonyl (C=S) groups is 1. The molecule has 4 aromatic rings. The quantitative estimate of drug-likeness (QED) is 0.0314. The van der Waals surface area contributed by atoms with Gasteiger partial charge < -0.3 is 63.5 Å². The summed E-state index contributed by atoms with van der Waals surface area (Å²) < 4.78 is 55.4. The van der Waals surface area contributed by atoms with Crippen molar-refractivity contribution in [2.45, 2.75) is 127 Å². The fraction of sp³-hybridized carbons (Fsp3) is 0.424. The Bertz CT molecular complexity index is 3580. The third kappa shape index (κ3) is 14.5. The minimum absolute atomic E-state index is 0.0309. The van der Waals surface area contributed by atoms with Crippen LogP contribution in [0, 0.1) is 16.7 Å². The summed E-state index contributed by atoms with van der Waals surface area (Å²) >= 11 is 6.25. The molecule has 0 spiro atoms. The zero-order valence-corrected chi connectivity index (χ0v) is 53.1. The Kier molecular flexibility index (Phi) is 20.9. The summed E-state index contributed by atoms with van der Waals surface area (Å²) in [5, 5.41) is 29.3. The number of fused-ring (bicyclic) bond motifs is 5. The molecular formula is C66H69N3O22S2. The molecule has 27 heteroatoms. The highest BCUT2D eigenvalue weighted by Crippen LogP contribution is 2.65. The van der Waals surface area contributed by atoms with Gasteiger partial charge in [0.1, 0.15) is 64.5 Å². The molecule has 25 nitrogen and oxygen atoms in total. The lowest BCUT2D eigenvalue weighted by Gasteiger charge is -2.67. The van der Waals surface area contributed by atoms with E-state index < -0.39 is 188 Å². The molecule has 2 bridgehead atoms. The Morgan fingerprint density at radius 3 is 1.90 bits per heavy atom. The number of carbonyl (C=O) groups is 11. The van der Waals surface area contributed by atoms with E-state index in [1.54, 1.807) is 60.7 Å². The van der Waals surface area contributed by atoms with Crippen LogP contribution >= 0.6 is 24.0 Å². The number of nitrogens with one attached hydrogen (secondary N) is 2. The highest BCUT2D eigenvalue weighted by molar-refractivity contribution is 8.24. The molecule has 2 saturated carbocycles. The van der Waals surface area contributed by atoms with Gasteiger partial charge in [-0.15, -0.1) is 0 Å². The van der Waals surface area contributed by atoms with Crippen LogP contribution in [0.5, 0.6) is 11.5 Å². The van der Waals surface area contributed by atoms with E-state index in [0.29, 0.717) is 5.75 Å². The number of esters is 6. The Hall–Kier alpha value is -9.05. The molecule has 3 amide bonds. The largest absolute Gasteiger partial charge is 0.482 e. The van der Waals surface area contributed by atoms with Crippen molar-refractivity contribution in [1.82, 2.24) is 15.5 Å². The van der Waals surface area contributed by atoms with E-state index in [2.05, 4.69) is 10.6 Å². The highest BCUT2D eigenvalue weighted by atomic mass is 32.2. The molecule has 4 aromatic carbocycles. The fourth-order valence-corrected chi connectivity index (χ4v) is 14.1. The maximum atomic E-state index is 16.6. The number of benzene rings is 4. The molecule has 93 heavy (non-hydrogen) atoms. The molecule has 9 rings (SSSR count). The number of nitrogens with zero attached hydrogens (tertiary/aromatic N) is 1. The summed E-state index contributed by atoms with van der Waals surface area (Å²) in [7, 11) is 0. The second kappa shape index (κ2) is 28.4. The van der Waals surface area contributed by atoms with E-state index in [-0.39, 0.29) is 44.5 Å². The maximum Gasteiger partial charge on any atom is 0.350 e. The van der Waals surface area contributed by atoms with Crippen molar-refractivity contribution in [3.63, 3.8) is 0 Å². The van der Waals surface area contributed by atoms with Crippen LogP contribution in [0.25, 0.3) is 0 Å². The van der Waals surface area contributed by atoms with Crippen molar-refractivity contribution < 1.29 is 106 Å². The van der Waals surface area contributed by atoms with Crippen LogP contribution in [-0.2, 0) is 81.1 Å². The van der Waals surface area contributed by atoms with Crippen LogP contribution in [0.15, 0.2) is 132 Å². The zero-order chi connectivity index (χ0) is 67.2. The topological polar surface area (TPSA) is 339 Å². The van der Waals surface area contributed by atoms with Gasteiger partial charge in [-0.05, 0) is 73.4 Å². The maximum absolute atomic E-state index is 16.6. The van der Waals surface area contributed by atoms with E-state index in [0.717, 1.165) is 30.5 Å². The number of ketones is 1. The monoisotopic (exact) mass is 1320 g/mol. The van der Waals surface area contributed by atoms with Crippen LogP contribution in [0.1, 0.15) is 89.2 Å². The van der Waals surface area contributed by atoms with Gasteiger partial charge in [-0.25, -0.2) is 19.2 Å². The van der Waals surface area contributed by atoms with Crippen molar-refractivity contribution in [1.29, 1.82) is 0 Å². The molecule has 2 saturated heterocycles. The standard InChI is InChI=1S/C66H69N3O22S2/c1-36-44(87-61(81)55(89-51(77)33-84-42-25-17-10-18-26-42)53(39-19-11-7-12-20-39)68-59(79)43(27-28-49(74)75)67-47(72)31-69-48(73)34-93-62(69)92)30-66(82)58(90-60(80)40-21-13-8-14-22-40)56-64(6,57(78)54(86-37(2)70)52(36)63(66,4)5)45(29-46-65(56,35-85-46)91-38(3)71)88-50(76)32-83-41-23-15-9-16-24-41/h7-26,43-46,53-56,58,82H,27-35H2,1-6H3,(H,67,72)(H,68,79)(H,74,75)/t43-,44+,45+,46-,53+,54-,55-,56+,58+,64-,65+,66-/m1/s1. The van der Waals surface area contributed by atoms with Crippen LogP contribution in [0.4, 0.5) is 0 Å². The first kappa shape index (κ1) is 68.3. The number of aliphatic carboxylic acids is 1. The molecule has 4 fully saturated rings.